The van der Waals surface area contributed by atoms with Gasteiger partial charge in [-0.1, -0.05) is 206 Å². The number of phosphoric ester groups is 1. The average Bonchev–Trinajstić information content (AvgIpc) is 3.19. The van der Waals surface area contributed by atoms with E-state index in [1.54, 1.807) is 0 Å². The number of allylic oxidation sites excluding steroid dienone is 2. The average molecular weight is 859 g/mol. The lowest BCUT2D eigenvalue weighted by molar-refractivity contribution is -0.870. The summed E-state index contributed by atoms with van der Waals surface area (Å²) in [5, 5.41) is 0. The van der Waals surface area contributed by atoms with Crippen molar-refractivity contribution >= 4 is 19.8 Å². The molecule has 0 aromatic heterocycles. The van der Waals surface area contributed by atoms with Gasteiger partial charge in [0.05, 0.1) is 27.7 Å². The van der Waals surface area contributed by atoms with E-state index in [4.69, 9.17) is 18.5 Å². The summed E-state index contributed by atoms with van der Waals surface area (Å²) in [6, 6.07) is 0. The molecule has 0 fully saturated rings. The molecule has 0 saturated carbocycles. The Morgan fingerprint density at radius 3 is 1.31 bits per heavy atom. The Balaban J connectivity index is 4.10. The molecule has 0 aliphatic carbocycles. The van der Waals surface area contributed by atoms with Crippen LogP contribution in [0.4, 0.5) is 0 Å². The summed E-state index contributed by atoms with van der Waals surface area (Å²) in [6.07, 6.45) is 45.6. The van der Waals surface area contributed by atoms with Crippen LogP contribution in [0, 0.1) is 0 Å². The maximum Gasteiger partial charge on any atom is 0.472 e. The zero-order valence-electron chi connectivity index (χ0n) is 39.5. The fourth-order valence-electron chi connectivity index (χ4n) is 7.11. The number of rotatable bonds is 46. The van der Waals surface area contributed by atoms with Crippen LogP contribution in [0.5, 0.6) is 0 Å². The standard InChI is InChI=1S/C49H96NO8P/c1-6-8-10-12-14-16-18-19-20-21-22-23-24-25-26-27-28-29-30-32-33-35-37-39-41-48(51)55-45-47(46-57-59(53,54)56-44-43-50(3,4)5)58-49(52)42-40-38-36-34-31-17-15-13-11-9-7-2/h13,15,47H,6-12,14,16-46H2,1-5H3/p+1/b15-13-. The fraction of sp³-hybridized carbons (Fsp3) is 0.918. The SMILES string of the molecule is CCCC/C=C\CCCCCCCC(=O)OC(COC(=O)CCCCCCCCCCCCCCCCCCCCCCCCCC)COP(=O)(O)OCC[N+](C)(C)C. The second-order valence-electron chi connectivity index (χ2n) is 18.2. The summed E-state index contributed by atoms with van der Waals surface area (Å²) in [5.41, 5.74) is 0. The molecule has 0 aromatic rings. The highest BCUT2D eigenvalue weighted by Gasteiger charge is 2.27. The van der Waals surface area contributed by atoms with Gasteiger partial charge in [0.15, 0.2) is 6.10 Å². The van der Waals surface area contributed by atoms with E-state index in [9.17, 15) is 19.0 Å². The molecule has 2 unspecified atom stereocenters. The number of likely N-dealkylation sites (N-methyl/N-ethyl adjacent to an activating group) is 1. The molecule has 59 heavy (non-hydrogen) atoms. The molecule has 1 N–H and O–H groups in total. The third-order valence-corrected chi connectivity index (χ3v) is 12.0. The van der Waals surface area contributed by atoms with E-state index in [0.717, 1.165) is 57.8 Å². The first-order chi connectivity index (χ1) is 28.5. The lowest BCUT2D eigenvalue weighted by Crippen LogP contribution is -2.37. The van der Waals surface area contributed by atoms with Crippen LogP contribution in [0.25, 0.3) is 0 Å². The van der Waals surface area contributed by atoms with Crippen molar-refractivity contribution in [1.82, 2.24) is 0 Å². The maximum absolute atomic E-state index is 12.7. The van der Waals surface area contributed by atoms with Crippen molar-refractivity contribution in [3.63, 3.8) is 0 Å². The molecule has 9 nitrogen and oxygen atoms in total. The second kappa shape index (κ2) is 42.1. The van der Waals surface area contributed by atoms with Gasteiger partial charge < -0.3 is 18.9 Å². The van der Waals surface area contributed by atoms with Crippen molar-refractivity contribution in [2.24, 2.45) is 0 Å². The van der Waals surface area contributed by atoms with Crippen LogP contribution in [0.2, 0.25) is 0 Å². The summed E-state index contributed by atoms with van der Waals surface area (Å²) < 4.78 is 34.3. The van der Waals surface area contributed by atoms with Gasteiger partial charge in [-0.05, 0) is 32.1 Å². The Bertz CT molecular complexity index is 1020. The fourth-order valence-corrected chi connectivity index (χ4v) is 7.86. The van der Waals surface area contributed by atoms with Crippen molar-refractivity contribution in [2.75, 3.05) is 47.5 Å². The van der Waals surface area contributed by atoms with Crippen molar-refractivity contribution < 1.29 is 42.1 Å². The number of carbonyl (C=O) groups excluding carboxylic acids is 2. The number of quaternary nitrogens is 1. The molecule has 0 rings (SSSR count). The van der Waals surface area contributed by atoms with Gasteiger partial charge >= 0.3 is 19.8 Å². The van der Waals surface area contributed by atoms with Gasteiger partial charge in [0.2, 0.25) is 0 Å². The largest absolute Gasteiger partial charge is 0.472 e. The van der Waals surface area contributed by atoms with Crippen molar-refractivity contribution in [3.05, 3.63) is 12.2 Å². The lowest BCUT2D eigenvalue weighted by Gasteiger charge is -2.24. The van der Waals surface area contributed by atoms with E-state index in [0.29, 0.717) is 23.9 Å². The van der Waals surface area contributed by atoms with E-state index < -0.39 is 26.5 Å². The van der Waals surface area contributed by atoms with Gasteiger partial charge in [0.25, 0.3) is 0 Å². The zero-order chi connectivity index (χ0) is 43.6. The molecule has 350 valence electrons. The van der Waals surface area contributed by atoms with Crippen LogP contribution in [0.15, 0.2) is 12.2 Å². The summed E-state index contributed by atoms with van der Waals surface area (Å²) in [4.78, 5) is 35.4. The predicted octanol–water partition coefficient (Wildman–Crippen LogP) is 14.5. The van der Waals surface area contributed by atoms with Crippen molar-refractivity contribution in [3.8, 4) is 0 Å². The molecule has 0 saturated heterocycles. The quantitative estimate of drug-likeness (QED) is 0.0212. The second-order valence-corrected chi connectivity index (χ2v) is 19.7. The molecular weight excluding hydrogens is 762 g/mol. The smallest absolute Gasteiger partial charge is 0.462 e. The van der Waals surface area contributed by atoms with Gasteiger partial charge in [-0.3, -0.25) is 18.6 Å². The first-order valence-corrected chi connectivity index (χ1v) is 26.4. The molecule has 0 heterocycles. The Morgan fingerprint density at radius 2 is 0.881 bits per heavy atom. The summed E-state index contributed by atoms with van der Waals surface area (Å²) >= 11 is 0. The highest BCUT2D eigenvalue weighted by molar-refractivity contribution is 7.47. The van der Waals surface area contributed by atoms with Crippen LogP contribution in [0.3, 0.4) is 0 Å². The first kappa shape index (κ1) is 57.8. The zero-order valence-corrected chi connectivity index (χ0v) is 40.4. The Labute approximate surface area is 365 Å². The number of phosphoric acid groups is 1. The maximum atomic E-state index is 12.7. The van der Waals surface area contributed by atoms with E-state index in [1.807, 2.05) is 21.1 Å². The molecule has 0 radical (unpaired) electrons. The normalized spacial score (nSPS) is 13.5. The number of ether oxygens (including phenoxy) is 2. The van der Waals surface area contributed by atoms with E-state index in [-0.39, 0.29) is 25.6 Å². The predicted molar refractivity (Wildman–Crippen MR) is 248 cm³/mol. The molecule has 0 bridgehead atoms. The van der Waals surface area contributed by atoms with Gasteiger partial charge in [-0.15, -0.1) is 0 Å². The van der Waals surface area contributed by atoms with Crippen LogP contribution in [0.1, 0.15) is 239 Å². The molecule has 10 heteroatoms. The van der Waals surface area contributed by atoms with E-state index >= 15 is 0 Å². The third-order valence-electron chi connectivity index (χ3n) is 11.0. The summed E-state index contributed by atoms with van der Waals surface area (Å²) in [7, 11) is 1.48. The Kier molecular flexibility index (Phi) is 41.2. The van der Waals surface area contributed by atoms with Gasteiger partial charge in [-0.2, -0.15) is 0 Å². The minimum absolute atomic E-state index is 0.0332. The van der Waals surface area contributed by atoms with Crippen molar-refractivity contribution in [1.29, 1.82) is 0 Å². The topological polar surface area (TPSA) is 108 Å². The lowest BCUT2D eigenvalue weighted by atomic mass is 10.0. The van der Waals surface area contributed by atoms with Crippen LogP contribution in [-0.4, -0.2) is 74.9 Å². The number of nitrogens with zero attached hydrogens (tertiary/aromatic N) is 1. The molecule has 2 atom stereocenters. The number of carbonyl (C=O) groups is 2. The van der Waals surface area contributed by atoms with Gasteiger partial charge in [-0.25, -0.2) is 4.57 Å². The molecule has 0 aromatic carbocycles. The minimum Gasteiger partial charge on any atom is -0.462 e. The molecule has 0 aliphatic rings. The number of unbranched alkanes of at least 4 members (excludes halogenated alkanes) is 30. The first-order valence-electron chi connectivity index (χ1n) is 24.9. The Hall–Kier alpha value is -1.25. The third kappa shape index (κ3) is 46.1. The summed E-state index contributed by atoms with van der Waals surface area (Å²) in [6.45, 7) is 4.41. The monoisotopic (exact) mass is 859 g/mol. The van der Waals surface area contributed by atoms with Crippen LogP contribution >= 0.6 is 7.82 Å². The van der Waals surface area contributed by atoms with E-state index in [2.05, 4.69) is 26.0 Å². The van der Waals surface area contributed by atoms with Gasteiger partial charge in [0, 0.05) is 12.8 Å². The number of hydrogen-bond acceptors (Lipinski definition) is 7. The number of esters is 2. The number of hydrogen-bond donors (Lipinski definition) is 1. The molecule has 0 spiro atoms. The van der Waals surface area contributed by atoms with Crippen LogP contribution < -0.4 is 0 Å². The minimum atomic E-state index is -4.37. The molecule has 0 aliphatic heterocycles. The van der Waals surface area contributed by atoms with Crippen molar-refractivity contribution in [2.45, 2.75) is 245 Å². The Morgan fingerprint density at radius 1 is 0.508 bits per heavy atom. The molecule has 0 amide bonds. The van der Waals surface area contributed by atoms with E-state index in [1.165, 1.54) is 148 Å². The summed E-state index contributed by atoms with van der Waals surface area (Å²) in [5.74, 6) is -0.798. The molecular formula is C49H97NO8P+. The van der Waals surface area contributed by atoms with Gasteiger partial charge in [0.1, 0.15) is 19.8 Å². The highest BCUT2D eigenvalue weighted by atomic mass is 31.2. The highest BCUT2D eigenvalue weighted by Crippen LogP contribution is 2.43. The van der Waals surface area contributed by atoms with Crippen LogP contribution in [-0.2, 0) is 32.7 Å².